The van der Waals surface area contributed by atoms with Crippen LogP contribution >= 0.6 is 0 Å². The number of carbonyl (C=O) groups excluding carboxylic acids is 1. The molecule has 3 heterocycles. The lowest BCUT2D eigenvalue weighted by atomic mass is 10.1. The number of pyridine rings is 1. The molecule has 1 atom stereocenters. The van der Waals surface area contributed by atoms with Crippen LogP contribution in [0.2, 0.25) is 0 Å². The monoisotopic (exact) mass is 366 g/mol. The summed E-state index contributed by atoms with van der Waals surface area (Å²) in [6, 6.07) is 12.3. The van der Waals surface area contributed by atoms with Gasteiger partial charge in [-0.05, 0) is 37.5 Å². The van der Waals surface area contributed by atoms with Crippen LogP contribution in [0.5, 0.6) is 0 Å². The summed E-state index contributed by atoms with van der Waals surface area (Å²) in [5, 5.41) is 3.02. The van der Waals surface area contributed by atoms with E-state index in [9.17, 15) is 4.79 Å². The fourth-order valence-electron chi connectivity index (χ4n) is 3.67. The van der Waals surface area contributed by atoms with E-state index < -0.39 is 0 Å². The molecule has 0 radical (unpaired) electrons. The maximum Gasteiger partial charge on any atom is 0.322 e. The summed E-state index contributed by atoms with van der Waals surface area (Å²) in [7, 11) is 0. The molecule has 142 valence electrons. The lowest BCUT2D eigenvalue weighted by Crippen LogP contribution is -2.49. The van der Waals surface area contributed by atoms with Crippen LogP contribution in [0.15, 0.2) is 42.6 Å². The molecule has 1 aromatic heterocycles. The molecule has 0 spiro atoms. The molecule has 2 aliphatic rings. The minimum atomic E-state index is -0.0743. The number of benzene rings is 1. The van der Waals surface area contributed by atoms with Crippen LogP contribution in [0, 0.1) is 6.92 Å². The van der Waals surface area contributed by atoms with Crippen LogP contribution in [0.1, 0.15) is 24.0 Å². The van der Waals surface area contributed by atoms with Gasteiger partial charge in [0.05, 0.1) is 11.8 Å². The number of aromatic nitrogens is 1. The Morgan fingerprint density at radius 1 is 1.26 bits per heavy atom. The average molecular weight is 366 g/mol. The highest BCUT2D eigenvalue weighted by molar-refractivity contribution is 5.96. The standard InChI is InChI=1S/C21H26N4O2/c1-16-6-8-17(9-7-16)15-24-11-12-25(19-5-2-10-22-20(19)24)21(26)23-14-18-4-3-13-27-18/h2,5-10,18H,3-4,11-15H2,1H3,(H,23,26)/t18-/m0/s1. The van der Waals surface area contributed by atoms with E-state index in [1.54, 1.807) is 11.1 Å². The number of nitrogens with zero attached hydrogens (tertiary/aromatic N) is 3. The number of nitrogens with one attached hydrogen (secondary N) is 1. The molecule has 2 amide bonds. The van der Waals surface area contributed by atoms with E-state index in [1.165, 1.54) is 11.1 Å². The first kappa shape index (κ1) is 17.8. The molecule has 2 aromatic rings. The molecule has 6 heteroatoms. The summed E-state index contributed by atoms with van der Waals surface area (Å²) in [5.74, 6) is 0.858. The Labute approximate surface area is 160 Å². The number of hydrogen-bond donors (Lipinski definition) is 1. The van der Waals surface area contributed by atoms with Crippen LogP contribution in [0.4, 0.5) is 16.3 Å². The van der Waals surface area contributed by atoms with Crippen molar-refractivity contribution in [3.05, 3.63) is 53.7 Å². The van der Waals surface area contributed by atoms with Crippen molar-refractivity contribution in [2.24, 2.45) is 0 Å². The molecule has 1 aromatic carbocycles. The number of carbonyl (C=O) groups is 1. The molecule has 1 N–H and O–H groups in total. The minimum Gasteiger partial charge on any atom is -0.376 e. The predicted octanol–water partition coefficient (Wildman–Crippen LogP) is 3.11. The molecule has 1 fully saturated rings. The minimum absolute atomic E-state index is 0.0743. The molecule has 0 aliphatic carbocycles. The Hall–Kier alpha value is -2.60. The second kappa shape index (κ2) is 7.96. The summed E-state index contributed by atoms with van der Waals surface area (Å²) in [4.78, 5) is 21.3. The maximum absolute atomic E-state index is 12.7. The topological polar surface area (TPSA) is 57.7 Å². The van der Waals surface area contributed by atoms with Crippen molar-refractivity contribution >= 4 is 17.5 Å². The van der Waals surface area contributed by atoms with Crippen molar-refractivity contribution in [2.75, 3.05) is 36.0 Å². The van der Waals surface area contributed by atoms with Crippen LogP contribution in [-0.4, -0.2) is 43.4 Å². The lowest BCUT2D eigenvalue weighted by molar-refractivity contribution is 0.111. The quantitative estimate of drug-likeness (QED) is 0.903. The smallest absolute Gasteiger partial charge is 0.322 e. The number of urea groups is 1. The van der Waals surface area contributed by atoms with Gasteiger partial charge in [-0.25, -0.2) is 9.78 Å². The van der Waals surface area contributed by atoms with E-state index in [0.29, 0.717) is 13.1 Å². The van der Waals surface area contributed by atoms with Crippen molar-refractivity contribution in [1.29, 1.82) is 0 Å². The molecule has 6 nitrogen and oxygen atoms in total. The number of aryl methyl sites for hydroxylation is 1. The molecule has 4 rings (SSSR count). The van der Waals surface area contributed by atoms with Gasteiger partial charge in [-0.1, -0.05) is 29.8 Å². The van der Waals surface area contributed by atoms with Crippen molar-refractivity contribution < 1.29 is 9.53 Å². The zero-order valence-electron chi connectivity index (χ0n) is 15.7. The number of rotatable bonds is 4. The highest BCUT2D eigenvalue weighted by atomic mass is 16.5. The highest BCUT2D eigenvalue weighted by Crippen LogP contribution is 2.31. The van der Waals surface area contributed by atoms with E-state index in [1.807, 2.05) is 12.1 Å². The van der Waals surface area contributed by atoms with Crippen LogP contribution in [0.25, 0.3) is 0 Å². The highest BCUT2D eigenvalue weighted by Gasteiger charge is 2.28. The normalized spacial score (nSPS) is 19.1. The van der Waals surface area contributed by atoms with Crippen LogP contribution in [-0.2, 0) is 11.3 Å². The molecular weight excluding hydrogens is 340 g/mol. The molecule has 27 heavy (non-hydrogen) atoms. The first-order chi connectivity index (χ1) is 13.2. The molecule has 0 bridgehead atoms. The third kappa shape index (κ3) is 4.06. The number of fused-ring (bicyclic) bond motifs is 1. The maximum atomic E-state index is 12.7. The summed E-state index contributed by atoms with van der Waals surface area (Å²) >= 11 is 0. The zero-order valence-corrected chi connectivity index (χ0v) is 15.7. The van der Waals surface area contributed by atoms with E-state index in [0.717, 1.165) is 44.0 Å². The van der Waals surface area contributed by atoms with Crippen LogP contribution in [0.3, 0.4) is 0 Å². The molecule has 1 saturated heterocycles. The van der Waals surface area contributed by atoms with Gasteiger partial charge in [0.2, 0.25) is 0 Å². The number of anilines is 2. The van der Waals surface area contributed by atoms with E-state index in [4.69, 9.17) is 4.74 Å². The molecular formula is C21H26N4O2. The third-order valence-corrected chi connectivity index (χ3v) is 5.19. The fraction of sp³-hybridized carbons (Fsp3) is 0.429. The zero-order chi connectivity index (χ0) is 18.6. The van der Waals surface area contributed by atoms with Gasteiger partial charge in [0.15, 0.2) is 5.82 Å². The Morgan fingerprint density at radius 2 is 2.11 bits per heavy atom. The van der Waals surface area contributed by atoms with Gasteiger partial charge in [0.25, 0.3) is 0 Å². The van der Waals surface area contributed by atoms with Crippen molar-refractivity contribution in [3.63, 3.8) is 0 Å². The van der Waals surface area contributed by atoms with Gasteiger partial charge in [-0.3, -0.25) is 4.90 Å². The Kier molecular flexibility index (Phi) is 5.25. The van der Waals surface area contributed by atoms with Gasteiger partial charge >= 0.3 is 6.03 Å². The van der Waals surface area contributed by atoms with Gasteiger partial charge in [-0.15, -0.1) is 0 Å². The summed E-state index contributed by atoms with van der Waals surface area (Å²) in [5.41, 5.74) is 3.36. The molecule has 0 saturated carbocycles. The Morgan fingerprint density at radius 3 is 2.89 bits per heavy atom. The molecule has 2 aliphatic heterocycles. The number of hydrogen-bond acceptors (Lipinski definition) is 4. The lowest BCUT2D eigenvalue weighted by Gasteiger charge is -2.36. The largest absolute Gasteiger partial charge is 0.376 e. The van der Waals surface area contributed by atoms with E-state index >= 15 is 0 Å². The first-order valence-electron chi connectivity index (χ1n) is 9.63. The summed E-state index contributed by atoms with van der Waals surface area (Å²) in [6.45, 7) is 5.64. The van der Waals surface area contributed by atoms with Gasteiger partial charge in [0, 0.05) is 39.0 Å². The summed E-state index contributed by atoms with van der Waals surface area (Å²) < 4.78 is 5.60. The number of amides is 2. The third-order valence-electron chi connectivity index (χ3n) is 5.19. The van der Waals surface area contributed by atoms with Gasteiger partial charge in [0.1, 0.15) is 0 Å². The fourth-order valence-corrected chi connectivity index (χ4v) is 3.67. The number of ether oxygens (including phenoxy) is 1. The Balaban J connectivity index is 1.47. The summed E-state index contributed by atoms with van der Waals surface area (Å²) in [6.07, 6.45) is 4.02. The molecule has 0 unspecified atom stereocenters. The second-order valence-corrected chi connectivity index (χ2v) is 7.23. The average Bonchev–Trinajstić information content (AvgIpc) is 3.22. The van der Waals surface area contributed by atoms with Crippen molar-refractivity contribution in [1.82, 2.24) is 10.3 Å². The van der Waals surface area contributed by atoms with Gasteiger partial charge < -0.3 is 15.0 Å². The second-order valence-electron chi connectivity index (χ2n) is 7.23. The van der Waals surface area contributed by atoms with Crippen molar-refractivity contribution in [2.45, 2.75) is 32.4 Å². The first-order valence-corrected chi connectivity index (χ1v) is 9.63. The van der Waals surface area contributed by atoms with E-state index in [2.05, 4.69) is 46.4 Å². The van der Waals surface area contributed by atoms with Gasteiger partial charge in [-0.2, -0.15) is 0 Å². The predicted molar refractivity (Wildman–Crippen MR) is 106 cm³/mol. The van der Waals surface area contributed by atoms with Crippen LogP contribution < -0.4 is 15.1 Å². The van der Waals surface area contributed by atoms with E-state index in [-0.39, 0.29) is 12.1 Å². The Bertz CT molecular complexity index is 787. The van der Waals surface area contributed by atoms with Crippen molar-refractivity contribution in [3.8, 4) is 0 Å². The SMILES string of the molecule is Cc1ccc(CN2CCN(C(=O)NC[C@@H]3CCCO3)c3cccnc32)cc1.